The van der Waals surface area contributed by atoms with Crippen LogP contribution in [0.2, 0.25) is 0 Å². The summed E-state index contributed by atoms with van der Waals surface area (Å²) in [5.41, 5.74) is 1.29. The Kier molecular flexibility index (Phi) is 3.74. The van der Waals surface area contributed by atoms with E-state index < -0.39 is 0 Å². The van der Waals surface area contributed by atoms with E-state index in [-0.39, 0.29) is 0 Å². The van der Waals surface area contributed by atoms with E-state index in [2.05, 4.69) is 24.9 Å². The molecule has 2 nitrogen and oxygen atoms in total. The molecule has 72 valence electrons. The van der Waals surface area contributed by atoms with Crippen molar-refractivity contribution in [1.82, 2.24) is 4.98 Å². The molecule has 1 atom stereocenters. The zero-order valence-corrected chi connectivity index (χ0v) is 8.58. The Hall–Kier alpha value is -1.05. The van der Waals surface area contributed by atoms with Crippen LogP contribution < -0.4 is 4.74 Å². The van der Waals surface area contributed by atoms with Crippen molar-refractivity contribution in [3.05, 3.63) is 23.9 Å². The molecular formula is C11H17NO. The number of methoxy groups -OCH3 is 1. The molecule has 0 amide bonds. The molecule has 2 heteroatoms. The molecule has 0 spiro atoms. The van der Waals surface area contributed by atoms with E-state index in [0.29, 0.717) is 5.88 Å². The van der Waals surface area contributed by atoms with Crippen molar-refractivity contribution in [2.24, 2.45) is 5.92 Å². The Labute approximate surface area is 80.0 Å². The van der Waals surface area contributed by atoms with Crippen molar-refractivity contribution in [3.63, 3.8) is 0 Å². The molecule has 0 N–H and O–H groups in total. The minimum atomic E-state index is 0.688. The maximum absolute atomic E-state index is 4.99. The lowest BCUT2D eigenvalue weighted by atomic mass is 10.0. The zero-order valence-electron chi connectivity index (χ0n) is 8.58. The summed E-state index contributed by atoms with van der Waals surface area (Å²) in [5.74, 6) is 1.42. The monoisotopic (exact) mass is 179 g/mol. The molecule has 0 saturated heterocycles. The van der Waals surface area contributed by atoms with Crippen molar-refractivity contribution in [2.45, 2.75) is 26.7 Å². The SMILES string of the molecule is CCC(C)Cc1ccc(OC)nc1. The molecule has 0 fully saturated rings. The highest BCUT2D eigenvalue weighted by Crippen LogP contribution is 2.12. The van der Waals surface area contributed by atoms with Gasteiger partial charge in [0.05, 0.1) is 7.11 Å². The van der Waals surface area contributed by atoms with Gasteiger partial charge in [0.15, 0.2) is 0 Å². The molecule has 0 aliphatic heterocycles. The van der Waals surface area contributed by atoms with Crippen LogP contribution in [0.1, 0.15) is 25.8 Å². The molecule has 0 aliphatic rings. The van der Waals surface area contributed by atoms with Gasteiger partial charge in [0, 0.05) is 12.3 Å². The van der Waals surface area contributed by atoms with Crippen molar-refractivity contribution >= 4 is 0 Å². The van der Waals surface area contributed by atoms with Gasteiger partial charge in [-0.25, -0.2) is 4.98 Å². The highest BCUT2D eigenvalue weighted by Gasteiger charge is 2.01. The van der Waals surface area contributed by atoms with E-state index in [1.807, 2.05) is 12.3 Å². The quantitative estimate of drug-likeness (QED) is 0.709. The predicted octanol–water partition coefficient (Wildman–Crippen LogP) is 2.68. The van der Waals surface area contributed by atoms with Crippen LogP contribution in [-0.4, -0.2) is 12.1 Å². The van der Waals surface area contributed by atoms with Gasteiger partial charge < -0.3 is 4.74 Å². The number of nitrogens with zero attached hydrogens (tertiary/aromatic N) is 1. The maximum Gasteiger partial charge on any atom is 0.212 e. The summed E-state index contributed by atoms with van der Waals surface area (Å²) >= 11 is 0. The second kappa shape index (κ2) is 4.85. The first kappa shape index (κ1) is 10.0. The third kappa shape index (κ3) is 3.05. The second-order valence-electron chi connectivity index (χ2n) is 3.43. The lowest BCUT2D eigenvalue weighted by Gasteiger charge is -2.07. The molecule has 13 heavy (non-hydrogen) atoms. The largest absolute Gasteiger partial charge is 0.481 e. The van der Waals surface area contributed by atoms with Crippen LogP contribution in [0.5, 0.6) is 5.88 Å². The van der Waals surface area contributed by atoms with Crippen LogP contribution in [0, 0.1) is 5.92 Å². The van der Waals surface area contributed by atoms with Crippen molar-refractivity contribution in [3.8, 4) is 5.88 Å². The summed E-state index contributed by atoms with van der Waals surface area (Å²) in [4.78, 5) is 4.16. The lowest BCUT2D eigenvalue weighted by molar-refractivity contribution is 0.397. The minimum absolute atomic E-state index is 0.688. The van der Waals surface area contributed by atoms with Gasteiger partial charge in [-0.1, -0.05) is 26.3 Å². The first-order valence-corrected chi connectivity index (χ1v) is 4.75. The smallest absolute Gasteiger partial charge is 0.212 e. The fraction of sp³-hybridized carbons (Fsp3) is 0.545. The van der Waals surface area contributed by atoms with E-state index in [1.54, 1.807) is 7.11 Å². The molecule has 0 saturated carbocycles. The van der Waals surface area contributed by atoms with Crippen LogP contribution in [0.15, 0.2) is 18.3 Å². The van der Waals surface area contributed by atoms with Crippen molar-refractivity contribution in [2.75, 3.05) is 7.11 Å². The Bertz CT molecular complexity index is 243. The molecule has 1 heterocycles. The minimum Gasteiger partial charge on any atom is -0.481 e. The van der Waals surface area contributed by atoms with Gasteiger partial charge in [0.2, 0.25) is 5.88 Å². The fourth-order valence-corrected chi connectivity index (χ4v) is 1.20. The summed E-state index contributed by atoms with van der Waals surface area (Å²) in [7, 11) is 1.64. The number of pyridine rings is 1. The van der Waals surface area contributed by atoms with Crippen LogP contribution in [-0.2, 0) is 6.42 Å². The van der Waals surface area contributed by atoms with Gasteiger partial charge in [-0.05, 0) is 17.9 Å². The van der Waals surface area contributed by atoms with Gasteiger partial charge in [-0.3, -0.25) is 0 Å². The zero-order chi connectivity index (χ0) is 9.68. The fourth-order valence-electron chi connectivity index (χ4n) is 1.20. The molecule has 1 aromatic heterocycles. The number of rotatable bonds is 4. The molecule has 1 aromatic rings. The van der Waals surface area contributed by atoms with Crippen molar-refractivity contribution < 1.29 is 4.74 Å². The Morgan fingerprint density at radius 1 is 1.46 bits per heavy atom. The molecule has 0 aliphatic carbocycles. The molecule has 1 rings (SSSR count). The number of aromatic nitrogens is 1. The van der Waals surface area contributed by atoms with E-state index in [1.165, 1.54) is 12.0 Å². The summed E-state index contributed by atoms with van der Waals surface area (Å²) in [6, 6.07) is 4.00. The molecule has 0 aromatic carbocycles. The van der Waals surface area contributed by atoms with Crippen LogP contribution in [0.4, 0.5) is 0 Å². The van der Waals surface area contributed by atoms with Gasteiger partial charge in [0.1, 0.15) is 0 Å². The van der Waals surface area contributed by atoms with E-state index in [0.717, 1.165) is 12.3 Å². The Morgan fingerprint density at radius 2 is 2.23 bits per heavy atom. The average molecular weight is 179 g/mol. The first-order valence-electron chi connectivity index (χ1n) is 4.75. The van der Waals surface area contributed by atoms with Crippen LogP contribution in [0.3, 0.4) is 0 Å². The molecule has 1 unspecified atom stereocenters. The van der Waals surface area contributed by atoms with Gasteiger partial charge in [-0.2, -0.15) is 0 Å². The third-order valence-corrected chi connectivity index (χ3v) is 2.29. The number of hydrogen-bond donors (Lipinski definition) is 0. The first-order chi connectivity index (χ1) is 6.26. The van der Waals surface area contributed by atoms with Crippen LogP contribution >= 0.6 is 0 Å². The summed E-state index contributed by atoms with van der Waals surface area (Å²) in [6.07, 6.45) is 4.21. The average Bonchev–Trinajstić information content (AvgIpc) is 2.19. The van der Waals surface area contributed by atoms with Gasteiger partial charge in [-0.15, -0.1) is 0 Å². The Balaban J connectivity index is 2.58. The number of hydrogen-bond acceptors (Lipinski definition) is 2. The highest BCUT2D eigenvalue weighted by molar-refractivity contribution is 5.17. The summed E-state index contributed by atoms with van der Waals surface area (Å²) in [6.45, 7) is 4.46. The van der Waals surface area contributed by atoms with E-state index in [9.17, 15) is 0 Å². The number of ether oxygens (including phenoxy) is 1. The van der Waals surface area contributed by atoms with Crippen molar-refractivity contribution in [1.29, 1.82) is 0 Å². The standard InChI is InChI=1S/C11H17NO/c1-4-9(2)7-10-5-6-11(13-3)12-8-10/h5-6,8-9H,4,7H2,1-3H3. The summed E-state index contributed by atoms with van der Waals surface area (Å²) in [5, 5.41) is 0. The van der Waals surface area contributed by atoms with E-state index >= 15 is 0 Å². The second-order valence-corrected chi connectivity index (χ2v) is 3.43. The topological polar surface area (TPSA) is 22.1 Å². The Morgan fingerprint density at radius 3 is 2.69 bits per heavy atom. The lowest BCUT2D eigenvalue weighted by Crippen LogP contribution is -1.98. The summed E-state index contributed by atoms with van der Waals surface area (Å²) < 4.78 is 4.99. The predicted molar refractivity (Wildman–Crippen MR) is 53.9 cm³/mol. The molecule has 0 radical (unpaired) electrons. The van der Waals surface area contributed by atoms with E-state index in [4.69, 9.17) is 4.74 Å². The normalized spacial score (nSPS) is 12.5. The third-order valence-electron chi connectivity index (χ3n) is 2.29. The van der Waals surface area contributed by atoms with Gasteiger partial charge in [0.25, 0.3) is 0 Å². The molecular weight excluding hydrogens is 162 g/mol. The molecule has 0 bridgehead atoms. The highest BCUT2D eigenvalue weighted by atomic mass is 16.5. The van der Waals surface area contributed by atoms with Gasteiger partial charge >= 0.3 is 0 Å². The maximum atomic E-state index is 4.99. The van der Waals surface area contributed by atoms with Crippen LogP contribution in [0.25, 0.3) is 0 Å².